The Morgan fingerprint density at radius 3 is 3.00 bits per heavy atom. The monoisotopic (exact) mass is 177 g/mol. The first-order valence-corrected chi connectivity index (χ1v) is 3.36. The Balaban J connectivity index is 2.51. The number of rotatable bonds is 3. The first-order chi connectivity index (χ1) is 5.20. The van der Waals surface area contributed by atoms with Crippen LogP contribution in [0.25, 0.3) is 0 Å². The Labute approximate surface area is 65.1 Å². The van der Waals surface area contributed by atoms with Crippen molar-refractivity contribution < 1.29 is 13.9 Å². The van der Waals surface area contributed by atoms with Crippen LogP contribution in [0.2, 0.25) is 0 Å². The van der Waals surface area contributed by atoms with Crippen molar-refractivity contribution in [3.63, 3.8) is 0 Å². The Hall–Kier alpha value is -1.24. The van der Waals surface area contributed by atoms with Crippen LogP contribution in [0.4, 0.5) is 4.39 Å². The van der Waals surface area contributed by atoms with E-state index in [4.69, 9.17) is 5.73 Å². The summed E-state index contributed by atoms with van der Waals surface area (Å²) in [7, 11) is 0. The van der Waals surface area contributed by atoms with E-state index in [1.807, 2.05) is 0 Å². The third-order valence-corrected chi connectivity index (χ3v) is 1.27. The van der Waals surface area contributed by atoms with E-state index in [1.54, 1.807) is 0 Å². The van der Waals surface area contributed by atoms with Gasteiger partial charge >= 0.3 is 0 Å². The standard InChI is InChI=1S/C4H4FN3O2S/c5-3-4(7-8-11-3)10-1-2(6)9/h1H2,(H2,6,9). The lowest BCUT2D eigenvalue weighted by molar-refractivity contribution is -0.120. The highest BCUT2D eigenvalue weighted by molar-refractivity contribution is 7.03. The summed E-state index contributed by atoms with van der Waals surface area (Å²) in [5.74, 6) is -0.966. The fourth-order valence-electron chi connectivity index (χ4n) is 0.397. The number of primary amides is 1. The number of nitrogens with two attached hydrogens (primary N) is 1. The third-order valence-electron chi connectivity index (χ3n) is 0.772. The van der Waals surface area contributed by atoms with Crippen molar-refractivity contribution in [3.05, 3.63) is 5.13 Å². The molecule has 0 aromatic carbocycles. The summed E-state index contributed by atoms with van der Waals surface area (Å²) >= 11 is 0.551. The molecule has 1 rings (SSSR count). The van der Waals surface area contributed by atoms with Gasteiger partial charge in [-0.3, -0.25) is 4.79 Å². The molecule has 1 aromatic rings. The molecule has 1 amide bonds. The summed E-state index contributed by atoms with van der Waals surface area (Å²) in [6, 6.07) is 0. The summed E-state index contributed by atoms with van der Waals surface area (Å²) in [5, 5.41) is 2.59. The van der Waals surface area contributed by atoms with E-state index in [0.717, 1.165) is 0 Å². The van der Waals surface area contributed by atoms with Gasteiger partial charge in [-0.2, -0.15) is 4.39 Å². The van der Waals surface area contributed by atoms with Gasteiger partial charge in [0.15, 0.2) is 6.61 Å². The van der Waals surface area contributed by atoms with E-state index in [0.29, 0.717) is 11.5 Å². The largest absolute Gasteiger partial charge is 0.464 e. The highest BCUT2D eigenvalue weighted by atomic mass is 32.1. The van der Waals surface area contributed by atoms with Crippen molar-refractivity contribution in [2.45, 2.75) is 0 Å². The van der Waals surface area contributed by atoms with Crippen molar-refractivity contribution in [2.75, 3.05) is 6.61 Å². The van der Waals surface area contributed by atoms with E-state index >= 15 is 0 Å². The Morgan fingerprint density at radius 2 is 2.55 bits per heavy atom. The number of ether oxygens (including phenoxy) is 1. The Morgan fingerprint density at radius 1 is 1.82 bits per heavy atom. The van der Waals surface area contributed by atoms with Gasteiger partial charge < -0.3 is 10.5 Å². The second-order valence-corrected chi connectivity index (χ2v) is 2.31. The van der Waals surface area contributed by atoms with Gasteiger partial charge in [0.25, 0.3) is 16.9 Å². The zero-order valence-electron chi connectivity index (χ0n) is 5.28. The van der Waals surface area contributed by atoms with E-state index in [1.165, 1.54) is 0 Å². The van der Waals surface area contributed by atoms with Crippen LogP contribution in [0, 0.1) is 5.13 Å². The molecular weight excluding hydrogens is 173 g/mol. The lowest BCUT2D eigenvalue weighted by Crippen LogP contribution is -2.20. The van der Waals surface area contributed by atoms with Gasteiger partial charge in [0.1, 0.15) is 0 Å². The first-order valence-electron chi connectivity index (χ1n) is 2.59. The summed E-state index contributed by atoms with van der Waals surface area (Å²) < 4.78 is 20.2. The molecule has 1 aromatic heterocycles. The normalized spacial score (nSPS) is 9.55. The van der Waals surface area contributed by atoms with Gasteiger partial charge in [-0.25, -0.2) is 0 Å². The first kappa shape index (κ1) is 7.86. The maximum Gasteiger partial charge on any atom is 0.283 e. The van der Waals surface area contributed by atoms with Gasteiger partial charge in [0.2, 0.25) is 0 Å². The number of nitrogens with zero attached hydrogens (tertiary/aromatic N) is 2. The summed E-state index contributed by atoms with van der Waals surface area (Å²) in [6.07, 6.45) is 0. The van der Waals surface area contributed by atoms with Crippen LogP contribution < -0.4 is 10.5 Å². The number of aromatic nitrogens is 2. The van der Waals surface area contributed by atoms with Gasteiger partial charge in [0, 0.05) is 11.5 Å². The molecule has 0 saturated carbocycles. The molecule has 0 fully saturated rings. The van der Waals surface area contributed by atoms with Crippen LogP contribution in [0.5, 0.6) is 5.88 Å². The molecule has 60 valence electrons. The number of hydrogen-bond acceptors (Lipinski definition) is 5. The van der Waals surface area contributed by atoms with Gasteiger partial charge in [0.05, 0.1) is 0 Å². The topological polar surface area (TPSA) is 78.1 Å². The van der Waals surface area contributed by atoms with E-state index < -0.39 is 11.0 Å². The molecule has 0 unspecified atom stereocenters. The van der Waals surface area contributed by atoms with E-state index in [2.05, 4.69) is 14.3 Å². The number of carbonyl (C=O) groups excluding carboxylic acids is 1. The maximum absolute atomic E-state index is 12.4. The minimum atomic E-state index is -0.683. The molecule has 11 heavy (non-hydrogen) atoms. The zero-order chi connectivity index (χ0) is 8.27. The number of amides is 1. The average molecular weight is 177 g/mol. The molecule has 1 heterocycles. The predicted molar refractivity (Wildman–Crippen MR) is 34.6 cm³/mol. The highest BCUT2D eigenvalue weighted by Crippen LogP contribution is 2.14. The fraction of sp³-hybridized carbons (Fsp3) is 0.250. The van der Waals surface area contributed by atoms with E-state index in [9.17, 15) is 9.18 Å². The molecule has 0 saturated heterocycles. The lowest BCUT2D eigenvalue weighted by atomic mass is 10.7. The molecule has 0 bridgehead atoms. The number of carbonyl (C=O) groups is 1. The van der Waals surface area contributed by atoms with Gasteiger partial charge in [-0.15, -0.1) is 0 Å². The fourth-order valence-corrected chi connectivity index (χ4v) is 0.761. The summed E-state index contributed by atoms with van der Waals surface area (Å²) in [5.41, 5.74) is 4.73. The quantitative estimate of drug-likeness (QED) is 0.677. The minimum absolute atomic E-state index is 0.284. The molecule has 5 nitrogen and oxygen atoms in total. The molecule has 0 aliphatic heterocycles. The second-order valence-electron chi connectivity index (χ2n) is 1.61. The molecule has 0 atom stereocenters. The number of hydrogen-bond donors (Lipinski definition) is 1. The highest BCUT2D eigenvalue weighted by Gasteiger charge is 2.08. The molecule has 0 aliphatic rings. The summed E-state index contributed by atoms with van der Waals surface area (Å²) in [4.78, 5) is 10.1. The second kappa shape index (κ2) is 3.24. The van der Waals surface area contributed by atoms with Crippen molar-refractivity contribution in [2.24, 2.45) is 5.73 Å². The Kier molecular flexibility index (Phi) is 2.32. The van der Waals surface area contributed by atoms with E-state index in [-0.39, 0.29) is 12.5 Å². The summed E-state index contributed by atoms with van der Waals surface area (Å²) in [6.45, 7) is -0.387. The third kappa shape index (κ3) is 2.11. The zero-order valence-corrected chi connectivity index (χ0v) is 6.10. The lowest BCUT2D eigenvalue weighted by Gasteiger charge is -1.95. The maximum atomic E-state index is 12.4. The molecule has 2 N–H and O–H groups in total. The molecule has 7 heteroatoms. The molecule has 0 radical (unpaired) electrons. The average Bonchev–Trinajstić information content (AvgIpc) is 2.31. The van der Waals surface area contributed by atoms with Crippen LogP contribution >= 0.6 is 11.5 Å². The van der Waals surface area contributed by atoms with Crippen molar-refractivity contribution >= 4 is 17.4 Å². The van der Waals surface area contributed by atoms with Crippen LogP contribution in [0.15, 0.2) is 0 Å². The number of halogens is 1. The smallest absolute Gasteiger partial charge is 0.283 e. The molecular formula is C4H4FN3O2S. The minimum Gasteiger partial charge on any atom is -0.464 e. The van der Waals surface area contributed by atoms with Crippen molar-refractivity contribution in [1.29, 1.82) is 0 Å². The SMILES string of the molecule is NC(=O)COc1nnsc1F. The van der Waals surface area contributed by atoms with Crippen molar-refractivity contribution in [1.82, 2.24) is 9.59 Å². The van der Waals surface area contributed by atoms with Crippen molar-refractivity contribution in [3.8, 4) is 5.88 Å². The van der Waals surface area contributed by atoms with Gasteiger partial charge in [-0.05, 0) is 0 Å². The van der Waals surface area contributed by atoms with Gasteiger partial charge in [-0.1, -0.05) is 9.59 Å². The molecule has 0 spiro atoms. The van der Waals surface area contributed by atoms with Crippen LogP contribution in [0.3, 0.4) is 0 Å². The predicted octanol–water partition coefficient (Wildman–Crippen LogP) is -0.459. The van der Waals surface area contributed by atoms with Crippen LogP contribution in [-0.2, 0) is 4.79 Å². The molecule has 0 aliphatic carbocycles. The van der Waals surface area contributed by atoms with Crippen LogP contribution in [-0.4, -0.2) is 22.1 Å². The Bertz CT molecular complexity index is 264. The van der Waals surface area contributed by atoms with Crippen LogP contribution in [0.1, 0.15) is 0 Å².